The smallest absolute Gasteiger partial charge is 0.309 e. The molecule has 1 aliphatic rings. The fraction of sp³-hybridized carbons (Fsp3) is 0.611. The first-order chi connectivity index (χ1) is 9.73. The number of carboxylic acid groups (broad SMARTS) is 1. The van der Waals surface area contributed by atoms with Gasteiger partial charge in [0.15, 0.2) is 0 Å². The summed E-state index contributed by atoms with van der Waals surface area (Å²) in [6, 6.07) is 8.04. The van der Waals surface area contributed by atoms with Crippen LogP contribution in [-0.2, 0) is 11.2 Å². The van der Waals surface area contributed by atoms with Gasteiger partial charge in [-0.15, -0.1) is 0 Å². The molecule has 2 nitrogen and oxygen atoms in total. The number of halogens is 1. The van der Waals surface area contributed by atoms with Crippen LogP contribution >= 0.6 is 15.9 Å². The molecule has 1 fully saturated rings. The number of aliphatic carboxylic acids is 1. The summed E-state index contributed by atoms with van der Waals surface area (Å²) in [5.41, 5.74) is 0.809. The highest BCUT2D eigenvalue weighted by molar-refractivity contribution is 9.10. The summed E-state index contributed by atoms with van der Waals surface area (Å²) in [5, 5.41) is 9.80. The zero-order valence-electron chi connectivity index (χ0n) is 13.2. The van der Waals surface area contributed by atoms with Crippen molar-refractivity contribution in [1.82, 2.24) is 0 Å². The van der Waals surface area contributed by atoms with E-state index < -0.39 is 11.4 Å². The van der Waals surface area contributed by atoms with Crippen LogP contribution in [0.5, 0.6) is 0 Å². The standard InChI is InChI=1S/C18H25BrO2/c1-17(2,3)14-7-9-18(10-8-14,16(20)21)12-13-5-4-6-15(19)11-13/h4-6,11,14H,7-10,12H2,1-3H3,(H,20,21). The highest BCUT2D eigenvalue weighted by Gasteiger charge is 2.44. The van der Waals surface area contributed by atoms with Crippen molar-refractivity contribution in [1.29, 1.82) is 0 Å². The molecule has 1 saturated carbocycles. The molecule has 1 aromatic rings. The molecular weight excluding hydrogens is 328 g/mol. The van der Waals surface area contributed by atoms with Crippen molar-refractivity contribution in [2.24, 2.45) is 16.7 Å². The topological polar surface area (TPSA) is 37.3 Å². The van der Waals surface area contributed by atoms with Gasteiger partial charge in [0.25, 0.3) is 0 Å². The van der Waals surface area contributed by atoms with Gasteiger partial charge in [0.05, 0.1) is 5.41 Å². The molecule has 0 saturated heterocycles. The zero-order chi connectivity index (χ0) is 15.7. The van der Waals surface area contributed by atoms with Crippen LogP contribution in [0.25, 0.3) is 0 Å². The van der Waals surface area contributed by atoms with Crippen molar-refractivity contribution in [2.75, 3.05) is 0 Å². The van der Waals surface area contributed by atoms with Crippen LogP contribution in [0, 0.1) is 16.7 Å². The molecule has 1 aromatic carbocycles. The molecule has 0 radical (unpaired) electrons. The Labute approximate surface area is 136 Å². The highest BCUT2D eigenvalue weighted by atomic mass is 79.9. The van der Waals surface area contributed by atoms with Crippen LogP contribution in [0.1, 0.15) is 52.0 Å². The lowest BCUT2D eigenvalue weighted by molar-refractivity contribution is -0.152. The van der Waals surface area contributed by atoms with Crippen LogP contribution in [-0.4, -0.2) is 11.1 Å². The highest BCUT2D eigenvalue weighted by Crippen LogP contribution is 2.47. The van der Waals surface area contributed by atoms with E-state index in [0.29, 0.717) is 12.3 Å². The van der Waals surface area contributed by atoms with Crippen molar-refractivity contribution in [2.45, 2.75) is 52.9 Å². The molecule has 116 valence electrons. The first kappa shape index (κ1) is 16.5. The summed E-state index contributed by atoms with van der Waals surface area (Å²) in [6.07, 6.45) is 4.25. The lowest BCUT2D eigenvalue weighted by atomic mass is 9.62. The monoisotopic (exact) mass is 352 g/mol. The van der Waals surface area contributed by atoms with Crippen molar-refractivity contribution >= 4 is 21.9 Å². The summed E-state index contributed by atoms with van der Waals surface area (Å²) in [4.78, 5) is 11.9. The minimum atomic E-state index is -0.630. The quantitative estimate of drug-likeness (QED) is 0.801. The van der Waals surface area contributed by atoms with Gasteiger partial charge in [0.1, 0.15) is 0 Å². The molecular formula is C18H25BrO2. The van der Waals surface area contributed by atoms with Gasteiger partial charge in [-0.25, -0.2) is 0 Å². The van der Waals surface area contributed by atoms with E-state index in [9.17, 15) is 9.90 Å². The fourth-order valence-corrected chi connectivity index (χ4v) is 3.99. The summed E-state index contributed by atoms with van der Waals surface area (Å²) in [6.45, 7) is 6.79. The molecule has 0 atom stereocenters. The second-order valence-corrected chi connectivity index (χ2v) is 8.45. The van der Waals surface area contributed by atoms with Crippen molar-refractivity contribution in [3.05, 3.63) is 34.3 Å². The Morgan fingerprint density at radius 2 is 1.95 bits per heavy atom. The van der Waals surface area contributed by atoms with Gasteiger partial charge in [-0.2, -0.15) is 0 Å². The average Bonchev–Trinajstić information content (AvgIpc) is 2.38. The summed E-state index contributed by atoms with van der Waals surface area (Å²) in [5.74, 6) is 0.00215. The molecule has 1 aliphatic carbocycles. The molecule has 3 heteroatoms. The predicted molar refractivity (Wildman–Crippen MR) is 89.3 cm³/mol. The Balaban J connectivity index is 2.15. The fourth-order valence-electron chi connectivity index (χ4n) is 3.54. The zero-order valence-corrected chi connectivity index (χ0v) is 14.7. The molecule has 0 amide bonds. The molecule has 0 aromatic heterocycles. The van der Waals surface area contributed by atoms with Crippen LogP contribution in [0.2, 0.25) is 0 Å². The van der Waals surface area contributed by atoms with Gasteiger partial charge in [0, 0.05) is 4.47 Å². The van der Waals surface area contributed by atoms with Crippen LogP contribution in [0.3, 0.4) is 0 Å². The second-order valence-electron chi connectivity index (χ2n) is 7.53. The van der Waals surface area contributed by atoms with Crippen molar-refractivity contribution in [3.8, 4) is 0 Å². The lowest BCUT2D eigenvalue weighted by Crippen LogP contribution is -2.39. The lowest BCUT2D eigenvalue weighted by Gasteiger charge is -2.42. The number of rotatable bonds is 3. The average molecular weight is 353 g/mol. The number of carboxylic acids is 1. The molecule has 0 aliphatic heterocycles. The maximum absolute atomic E-state index is 11.9. The number of hydrogen-bond acceptors (Lipinski definition) is 1. The molecule has 0 heterocycles. The Kier molecular flexibility index (Phi) is 4.82. The summed E-state index contributed by atoms with van der Waals surface area (Å²) >= 11 is 3.47. The van der Waals surface area contributed by atoms with Gasteiger partial charge < -0.3 is 5.11 Å². The Hall–Kier alpha value is -0.830. The van der Waals surface area contributed by atoms with E-state index >= 15 is 0 Å². The number of hydrogen-bond donors (Lipinski definition) is 1. The first-order valence-electron chi connectivity index (χ1n) is 7.71. The largest absolute Gasteiger partial charge is 0.481 e. The third-order valence-electron chi connectivity index (χ3n) is 5.05. The van der Waals surface area contributed by atoms with Crippen molar-refractivity contribution < 1.29 is 9.90 Å². The maximum atomic E-state index is 11.9. The van der Waals surface area contributed by atoms with E-state index in [2.05, 4.69) is 36.7 Å². The van der Waals surface area contributed by atoms with Gasteiger partial charge in [-0.3, -0.25) is 4.79 Å². The van der Waals surface area contributed by atoms with Gasteiger partial charge in [0.2, 0.25) is 0 Å². The molecule has 0 unspecified atom stereocenters. The predicted octanol–water partition coefficient (Wildman–Crippen LogP) is 5.30. The molecule has 0 spiro atoms. The second kappa shape index (κ2) is 6.12. The minimum absolute atomic E-state index is 0.278. The maximum Gasteiger partial charge on any atom is 0.309 e. The van der Waals surface area contributed by atoms with Crippen LogP contribution in [0.15, 0.2) is 28.7 Å². The summed E-state index contributed by atoms with van der Waals surface area (Å²) < 4.78 is 1.02. The first-order valence-corrected chi connectivity index (χ1v) is 8.50. The van der Waals surface area contributed by atoms with Gasteiger partial charge >= 0.3 is 5.97 Å². The third kappa shape index (κ3) is 3.88. The molecule has 0 bridgehead atoms. The van der Waals surface area contributed by atoms with Gasteiger partial charge in [-0.05, 0) is 61.1 Å². The number of carbonyl (C=O) groups is 1. The van der Waals surface area contributed by atoms with E-state index in [1.807, 2.05) is 24.3 Å². The van der Waals surface area contributed by atoms with E-state index in [1.54, 1.807) is 0 Å². The van der Waals surface area contributed by atoms with E-state index in [1.165, 1.54) is 0 Å². The van der Waals surface area contributed by atoms with Crippen molar-refractivity contribution in [3.63, 3.8) is 0 Å². The molecule has 1 N–H and O–H groups in total. The van der Waals surface area contributed by atoms with E-state index in [0.717, 1.165) is 35.7 Å². The normalized spacial score (nSPS) is 26.6. The number of benzene rings is 1. The van der Waals surface area contributed by atoms with Crippen LogP contribution in [0.4, 0.5) is 0 Å². The van der Waals surface area contributed by atoms with Gasteiger partial charge in [-0.1, -0.05) is 48.8 Å². The SMILES string of the molecule is CC(C)(C)C1CCC(Cc2cccc(Br)c2)(C(=O)O)CC1. The summed E-state index contributed by atoms with van der Waals surface area (Å²) in [7, 11) is 0. The molecule has 2 rings (SSSR count). The Morgan fingerprint density at radius 1 is 1.33 bits per heavy atom. The minimum Gasteiger partial charge on any atom is -0.481 e. The van der Waals surface area contributed by atoms with E-state index in [4.69, 9.17) is 0 Å². The Morgan fingerprint density at radius 3 is 2.43 bits per heavy atom. The molecule has 21 heavy (non-hydrogen) atoms. The van der Waals surface area contributed by atoms with Crippen LogP contribution < -0.4 is 0 Å². The third-order valence-corrected chi connectivity index (χ3v) is 5.55. The Bertz CT molecular complexity index is 508. The van der Waals surface area contributed by atoms with E-state index in [-0.39, 0.29) is 5.41 Å².